The summed E-state index contributed by atoms with van der Waals surface area (Å²) in [7, 11) is 0. The van der Waals surface area contributed by atoms with Crippen molar-refractivity contribution in [3.05, 3.63) is 10.6 Å². The number of ether oxygens (including phenoxy) is 1. The summed E-state index contributed by atoms with van der Waals surface area (Å²) in [6.07, 6.45) is 3.03. The molecule has 3 fully saturated rings. The molecule has 0 unspecified atom stereocenters. The van der Waals surface area contributed by atoms with Gasteiger partial charge >= 0.3 is 0 Å². The number of carbonyl (C=O) groups excluding carboxylic acids is 2. The van der Waals surface area contributed by atoms with E-state index in [1.54, 1.807) is 0 Å². The van der Waals surface area contributed by atoms with Crippen LogP contribution in [0.5, 0.6) is 0 Å². The Morgan fingerprint density at radius 1 is 1.38 bits per heavy atom. The van der Waals surface area contributed by atoms with Crippen LogP contribution in [0.15, 0.2) is 0 Å². The summed E-state index contributed by atoms with van der Waals surface area (Å²) < 4.78 is 9.77. The second-order valence-corrected chi connectivity index (χ2v) is 7.99. The standard InChI is InChI=1S/C16H22N4O3S/c1-9-14(18-19-24-9)16(22)20-5-4-12-11(7-20)8-23-13(12)6-17-15(21)10-2-3-10/h10-13H,2-8H2,1H3,(H,17,21)/t11-,12-,13+/m1/s1. The number of carbonyl (C=O) groups is 2. The van der Waals surface area contributed by atoms with E-state index >= 15 is 0 Å². The van der Waals surface area contributed by atoms with Gasteiger partial charge in [0.05, 0.1) is 17.6 Å². The molecule has 1 N–H and O–H groups in total. The lowest BCUT2D eigenvalue weighted by atomic mass is 9.84. The maximum absolute atomic E-state index is 12.6. The van der Waals surface area contributed by atoms with Crippen LogP contribution in [-0.2, 0) is 9.53 Å². The number of nitrogens with one attached hydrogen (secondary N) is 1. The van der Waals surface area contributed by atoms with E-state index in [0.29, 0.717) is 43.8 Å². The van der Waals surface area contributed by atoms with Crippen LogP contribution in [0.4, 0.5) is 0 Å². The summed E-state index contributed by atoms with van der Waals surface area (Å²) in [6, 6.07) is 0. The first-order chi connectivity index (χ1) is 11.6. The van der Waals surface area contributed by atoms with Gasteiger partial charge in [0.15, 0.2) is 5.69 Å². The van der Waals surface area contributed by atoms with Crippen LogP contribution in [0.3, 0.4) is 0 Å². The maximum Gasteiger partial charge on any atom is 0.275 e. The molecule has 4 rings (SSSR count). The lowest BCUT2D eigenvalue weighted by Gasteiger charge is -2.35. The van der Waals surface area contributed by atoms with E-state index in [-0.39, 0.29) is 23.8 Å². The van der Waals surface area contributed by atoms with Gasteiger partial charge in [-0.05, 0) is 43.6 Å². The van der Waals surface area contributed by atoms with Gasteiger partial charge in [-0.25, -0.2) is 0 Å². The zero-order valence-electron chi connectivity index (χ0n) is 13.7. The summed E-state index contributed by atoms with van der Waals surface area (Å²) in [5.74, 6) is 1.14. The molecule has 8 heteroatoms. The Morgan fingerprint density at radius 2 is 2.21 bits per heavy atom. The molecule has 0 radical (unpaired) electrons. The Morgan fingerprint density at radius 3 is 2.92 bits per heavy atom. The van der Waals surface area contributed by atoms with Crippen molar-refractivity contribution < 1.29 is 14.3 Å². The minimum absolute atomic E-state index is 0.0230. The second kappa shape index (κ2) is 6.40. The number of rotatable bonds is 4. The molecular weight excluding hydrogens is 328 g/mol. The van der Waals surface area contributed by atoms with Crippen molar-refractivity contribution in [1.29, 1.82) is 0 Å². The lowest BCUT2D eigenvalue weighted by molar-refractivity contribution is -0.122. The number of nitrogens with zero attached hydrogens (tertiary/aromatic N) is 3. The van der Waals surface area contributed by atoms with Crippen molar-refractivity contribution in [1.82, 2.24) is 19.8 Å². The molecule has 1 aromatic heterocycles. The predicted molar refractivity (Wildman–Crippen MR) is 87.6 cm³/mol. The molecule has 3 aliphatic rings. The Hall–Kier alpha value is -1.54. The van der Waals surface area contributed by atoms with Gasteiger partial charge in [0.25, 0.3) is 5.91 Å². The Balaban J connectivity index is 1.33. The molecule has 24 heavy (non-hydrogen) atoms. The van der Waals surface area contributed by atoms with Crippen molar-refractivity contribution in [3.8, 4) is 0 Å². The van der Waals surface area contributed by atoms with Gasteiger partial charge in [-0.1, -0.05) is 4.49 Å². The Kier molecular flexibility index (Phi) is 4.26. The highest BCUT2D eigenvalue weighted by molar-refractivity contribution is 7.05. The van der Waals surface area contributed by atoms with Gasteiger partial charge in [-0.2, -0.15) is 0 Å². The number of hydrogen-bond donors (Lipinski definition) is 1. The first kappa shape index (κ1) is 16.0. The molecular formula is C16H22N4O3S. The fourth-order valence-corrected chi connectivity index (χ4v) is 4.21. The average Bonchev–Trinajstić information content (AvgIpc) is 3.24. The van der Waals surface area contributed by atoms with E-state index < -0.39 is 0 Å². The maximum atomic E-state index is 12.6. The zero-order chi connectivity index (χ0) is 16.7. The quantitative estimate of drug-likeness (QED) is 0.870. The van der Waals surface area contributed by atoms with Crippen LogP contribution >= 0.6 is 11.5 Å². The number of hydrogen-bond acceptors (Lipinski definition) is 6. The summed E-state index contributed by atoms with van der Waals surface area (Å²) >= 11 is 1.26. The third-order valence-electron chi connectivity index (χ3n) is 5.36. The van der Waals surface area contributed by atoms with Crippen LogP contribution in [-0.4, -0.2) is 58.6 Å². The van der Waals surface area contributed by atoms with Gasteiger partial charge in [0.1, 0.15) is 0 Å². The third kappa shape index (κ3) is 3.04. The zero-order valence-corrected chi connectivity index (χ0v) is 14.6. The molecule has 130 valence electrons. The number of aryl methyl sites for hydroxylation is 1. The molecule has 1 aromatic rings. The van der Waals surface area contributed by atoms with E-state index in [1.165, 1.54) is 11.5 Å². The van der Waals surface area contributed by atoms with E-state index in [2.05, 4.69) is 14.9 Å². The van der Waals surface area contributed by atoms with Gasteiger partial charge in [-0.15, -0.1) is 5.10 Å². The number of piperidine rings is 1. The van der Waals surface area contributed by atoms with Crippen LogP contribution in [0.1, 0.15) is 34.6 Å². The minimum Gasteiger partial charge on any atom is -0.376 e. The second-order valence-electron chi connectivity index (χ2n) is 7.03. The highest BCUT2D eigenvalue weighted by Crippen LogP contribution is 2.35. The number of fused-ring (bicyclic) bond motifs is 1. The largest absolute Gasteiger partial charge is 0.376 e. The topological polar surface area (TPSA) is 84.4 Å². The van der Waals surface area contributed by atoms with Crippen molar-refractivity contribution in [2.75, 3.05) is 26.2 Å². The first-order valence-electron chi connectivity index (χ1n) is 8.61. The summed E-state index contributed by atoms with van der Waals surface area (Å²) in [4.78, 5) is 27.1. The smallest absolute Gasteiger partial charge is 0.275 e. The van der Waals surface area contributed by atoms with Gasteiger partial charge in [-0.3, -0.25) is 9.59 Å². The lowest BCUT2D eigenvalue weighted by Crippen LogP contribution is -2.46. The monoisotopic (exact) mass is 350 g/mol. The normalized spacial score (nSPS) is 29.4. The molecule has 0 spiro atoms. The minimum atomic E-state index is -0.0230. The summed E-state index contributed by atoms with van der Waals surface area (Å²) in [6.45, 7) is 4.55. The third-order valence-corrected chi connectivity index (χ3v) is 5.99. The molecule has 2 saturated heterocycles. The van der Waals surface area contributed by atoms with Crippen molar-refractivity contribution in [2.45, 2.75) is 32.3 Å². The first-order valence-corrected chi connectivity index (χ1v) is 9.38. The van der Waals surface area contributed by atoms with E-state index in [1.807, 2.05) is 11.8 Å². The van der Waals surface area contributed by atoms with Crippen LogP contribution in [0.25, 0.3) is 0 Å². The Labute approximate surface area is 144 Å². The summed E-state index contributed by atoms with van der Waals surface area (Å²) in [5.41, 5.74) is 0.477. The average molecular weight is 350 g/mol. The van der Waals surface area contributed by atoms with Gasteiger partial charge < -0.3 is 15.0 Å². The molecule has 0 bridgehead atoms. The fraction of sp³-hybridized carbons (Fsp3) is 0.750. The van der Waals surface area contributed by atoms with E-state index in [0.717, 1.165) is 24.1 Å². The number of amides is 2. The molecule has 0 aromatic carbocycles. The van der Waals surface area contributed by atoms with Crippen molar-refractivity contribution in [2.24, 2.45) is 17.8 Å². The molecule has 2 amide bonds. The number of likely N-dealkylation sites (tertiary alicyclic amines) is 1. The fourth-order valence-electron chi connectivity index (χ4n) is 3.75. The van der Waals surface area contributed by atoms with E-state index in [9.17, 15) is 9.59 Å². The molecule has 7 nitrogen and oxygen atoms in total. The van der Waals surface area contributed by atoms with Gasteiger partial charge in [0.2, 0.25) is 5.91 Å². The van der Waals surface area contributed by atoms with Crippen molar-refractivity contribution >= 4 is 23.3 Å². The SMILES string of the molecule is Cc1snnc1C(=O)N1CC[C@@H]2[C@@H](CO[C@H]2CNC(=O)C2CC2)C1. The molecule has 1 saturated carbocycles. The highest BCUT2D eigenvalue weighted by Gasteiger charge is 2.42. The molecule has 3 heterocycles. The van der Waals surface area contributed by atoms with Crippen molar-refractivity contribution in [3.63, 3.8) is 0 Å². The number of aromatic nitrogens is 2. The predicted octanol–water partition coefficient (Wildman–Crippen LogP) is 0.850. The van der Waals surface area contributed by atoms with Crippen LogP contribution < -0.4 is 5.32 Å². The molecule has 1 aliphatic carbocycles. The summed E-state index contributed by atoms with van der Waals surface area (Å²) in [5, 5.41) is 6.98. The van der Waals surface area contributed by atoms with Crippen LogP contribution in [0.2, 0.25) is 0 Å². The van der Waals surface area contributed by atoms with Crippen LogP contribution in [0, 0.1) is 24.7 Å². The molecule has 3 atom stereocenters. The highest BCUT2D eigenvalue weighted by atomic mass is 32.1. The van der Waals surface area contributed by atoms with Gasteiger partial charge in [0, 0.05) is 31.5 Å². The molecule has 2 aliphatic heterocycles. The van der Waals surface area contributed by atoms with E-state index in [4.69, 9.17) is 4.74 Å². The Bertz CT molecular complexity index is 645.